The van der Waals surface area contributed by atoms with Gasteiger partial charge in [-0.3, -0.25) is 0 Å². The number of methoxy groups -OCH3 is 2. The lowest BCUT2D eigenvalue weighted by Crippen LogP contribution is -1.98. The summed E-state index contributed by atoms with van der Waals surface area (Å²) in [5.74, 6) is 1.33. The van der Waals surface area contributed by atoms with E-state index >= 15 is 0 Å². The smallest absolute Gasteiger partial charge is 0.133 e. The van der Waals surface area contributed by atoms with Crippen LogP contribution in [0.25, 0.3) is 0 Å². The summed E-state index contributed by atoms with van der Waals surface area (Å²) in [7, 11) is 3.15. The van der Waals surface area contributed by atoms with E-state index in [-0.39, 0.29) is 0 Å². The third kappa shape index (κ3) is 2.19. The summed E-state index contributed by atoms with van der Waals surface area (Å²) in [6.45, 7) is 1.69. The quantitative estimate of drug-likeness (QED) is 0.908. The molecule has 0 aromatic heterocycles. The van der Waals surface area contributed by atoms with Gasteiger partial charge in [-0.25, -0.2) is 0 Å². The molecule has 0 spiro atoms. The Kier molecular flexibility index (Phi) is 3.77. The number of hydrogen-bond acceptors (Lipinski definition) is 3. The summed E-state index contributed by atoms with van der Waals surface area (Å²) in [4.78, 5) is 0. The van der Waals surface area contributed by atoms with Crippen LogP contribution >= 0.6 is 15.9 Å². The number of aliphatic hydroxyl groups excluding tert-OH is 1. The molecular formula is C10H13BrO3. The van der Waals surface area contributed by atoms with Gasteiger partial charge in [0.15, 0.2) is 0 Å². The monoisotopic (exact) mass is 260 g/mol. The lowest BCUT2D eigenvalue weighted by Gasteiger charge is -2.13. The summed E-state index contributed by atoms with van der Waals surface area (Å²) in [6, 6.07) is 3.54. The van der Waals surface area contributed by atoms with E-state index in [1.807, 2.05) is 0 Å². The molecule has 0 fully saturated rings. The number of ether oxygens (including phenoxy) is 2. The fourth-order valence-electron chi connectivity index (χ4n) is 1.21. The van der Waals surface area contributed by atoms with Gasteiger partial charge < -0.3 is 14.6 Å². The van der Waals surface area contributed by atoms with E-state index in [2.05, 4.69) is 15.9 Å². The van der Waals surface area contributed by atoms with E-state index in [4.69, 9.17) is 9.47 Å². The maximum absolute atomic E-state index is 9.50. The highest BCUT2D eigenvalue weighted by molar-refractivity contribution is 9.10. The Bertz CT molecular complexity index is 323. The molecule has 1 aromatic carbocycles. The average molecular weight is 261 g/mol. The lowest BCUT2D eigenvalue weighted by molar-refractivity contribution is 0.193. The minimum absolute atomic E-state index is 0.577. The van der Waals surface area contributed by atoms with Crippen molar-refractivity contribution in [3.8, 4) is 11.5 Å². The van der Waals surface area contributed by atoms with Crippen molar-refractivity contribution in [3.05, 3.63) is 22.2 Å². The van der Waals surface area contributed by atoms with Crippen LogP contribution in [0.15, 0.2) is 16.6 Å². The Balaban J connectivity index is 3.25. The normalized spacial score (nSPS) is 12.4. The van der Waals surface area contributed by atoms with Crippen molar-refractivity contribution >= 4 is 15.9 Å². The Morgan fingerprint density at radius 3 is 2.21 bits per heavy atom. The van der Waals surface area contributed by atoms with Gasteiger partial charge in [0, 0.05) is 5.56 Å². The van der Waals surface area contributed by atoms with Crippen LogP contribution in [0.2, 0.25) is 0 Å². The molecule has 4 heteroatoms. The average Bonchev–Trinajstić information content (AvgIpc) is 2.16. The summed E-state index contributed by atoms with van der Waals surface area (Å²) in [5, 5.41) is 9.50. The topological polar surface area (TPSA) is 38.7 Å². The maximum Gasteiger partial charge on any atom is 0.133 e. The minimum Gasteiger partial charge on any atom is -0.496 e. The first kappa shape index (κ1) is 11.3. The molecule has 78 valence electrons. The van der Waals surface area contributed by atoms with Crippen LogP contribution in [0.1, 0.15) is 18.6 Å². The van der Waals surface area contributed by atoms with E-state index in [0.29, 0.717) is 17.1 Å². The molecule has 3 nitrogen and oxygen atoms in total. The first-order valence-electron chi connectivity index (χ1n) is 4.19. The lowest BCUT2D eigenvalue weighted by atomic mass is 10.1. The number of rotatable bonds is 3. The molecule has 1 aromatic rings. The van der Waals surface area contributed by atoms with E-state index in [0.717, 1.165) is 4.47 Å². The molecular weight excluding hydrogens is 248 g/mol. The summed E-state index contributed by atoms with van der Waals surface area (Å²) in [6.07, 6.45) is -0.577. The van der Waals surface area contributed by atoms with Gasteiger partial charge in [-0.2, -0.15) is 0 Å². The summed E-state index contributed by atoms with van der Waals surface area (Å²) >= 11 is 3.34. The summed E-state index contributed by atoms with van der Waals surface area (Å²) in [5.41, 5.74) is 0.715. The van der Waals surface area contributed by atoms with Crippen molar-refractivity contribution < 1.29 is 14.6 Å². The van der Waals surface area contributed by atoms with Crippen molar-refractivity contribution in [3.63, 3.8) is 0 Å². The second-order valence-corrected chi connectivity index (χ2v) is 3.76. The molecule has 0 unspecified atom stereocenters. The molecule has 0 aliphatic carbocycles. The van der Waals surface area contributed by atoms with Crippen molar-refractivity contribution in [2.24, 2.45) is 0 Å². The van der Waals surface area contributed by atoms with Gasteiger partial charge >= 0.3 is 0 Å². The third-order valence-corrected chi connectivity index (χ3v) is 2.57. The zero-order valence-electron chi connectivity index (χ0n) is 8.37. The number of halogens is 1. The van der Waals surface area contributed by atoms with Crippen molar-refractivity contribution in [1.82, 2.24) is 0 Å². The highest BCUT2D eigenvalue weighted by atomic mass is 79.9. The Morgan fingerprint density at radius 1 is 1.21 bits per heavy atom. The largest absolute Gasteiger partial charge is 0.496 e. The fourth-order valence-corrected chi connectivity index (χ4v) is 1.69. The van der Waals surface area contributed by atoms with E-state index in [1.165, 1.54) is 0 Å². The SMILES string of the molecule is COc1cc([C@@H](C)O)c(OC)cc1Br. The Labute approximate surface area is 91.8 Å². The molecule has 1 atom stereocenters. The molecule has 0 heterocycles. The van der Waals surface area contributed by atoms with Gasteiger partial charge in [0.25, 0.3) is 0 Å². The molecule has 14 heavy (non-hydrogen) atoms. The minimum atomic E-state index is -0.577. The predicted octanol–water partition coefficient (Wildman–Crippen LogP) is 2.52. The van der Waals surface area contributed by atoms with E-state index in [9.17, 15) is 5.11 Å². The third-order valence-electron chi connectivity index (χ3n) is 1.95. The molecule has 0 aliphatic rings. The van der Waals surface area contributed by atoms with Crippen LogP contribution in [-0.4, -0.2) is 19.3 Å². The van der Waals surface area contributed by atoms with Crippen LogP contribution in [0, 0.1) is 0 Å². The fraction of sp³-hybridized carbons (Fsp3) is 0.400. The second-order valence-electron chi connectivity index (χ2n) is 2.90. The van der Waals surface area contributed by atoms with E-state index in [1.54, 1.807) is 33.3 Å². The second kappa shape index (κ2) is 4.66. The molecule has 0 radical (unpaired) electrons. The zero-order valence-corrected chi connectivity index (χ0v) is 9.96. The van der Waals surface area contributed by atoms with Crippen LogP contribution in [0.3, 0.4) is 0 Å². The van der Waals surface area contributed by atoms with Gasteiger partial charge in [-0.05, 0) is 35.0 Å². The highest BCUT2D eigenvalue weighted by Gasteiger charge is 2.12. The molecule has 0 amide bonds. The highest BCUT2D eigenvalue weighted by Crippen LogP contribution is 2.35. The first-order chi connectivity index (χ1) is 6.60. The Hall–Kier alpha value is -0.740. The molecule has 0 saturated carbocycles. The first-order valence-corrected chi connectivity index (χ1v) is 4.99. The van der Waals surface area contributed by atoms with E-state index < -0.39 is 6.10 Å². The Morgan fingerprint density at radius 2 is 1.79 bits per heavy atom. The molecule has 0 aliphatic heterocycles. The molecule has 0 bridgehead atoms. The van der Waals surface area contributed by atoms with Crippen molar-refractivity contribution in [2.45, 2.75) is 13.0 Å². The van der Waals surface area contributed by atoms with Gasteiger partial charge in [-0.1, -0.05) is 0 Å². The standard InChI is InChI=1S/C10H13BrO3/c1-6(12)7-4-10(14-3)8(11)5-9(7)13-2/h4-6,12H,1-3H3/t6-/m1/s1. The number of benzene rings is 1. The predicted molar refractivity (Wildman–Crippen MR) is 57.9 cm³/mol. The van der Waals surface area contributed by atoms with Gasteiger partial charge in [0.2, 0.25) is 0 Å². The molecule has 1 rings (SSSR count). The molecule has 1 N–H and O–H groups in total. The summed E-state index contributed by atoms with van der Waals surface area (Å²) < 4.78 is 11.1. The molecule has 0 saturated heterocycles. The van der Waals surface area contributed by atoms with Crippen LogP contribution in [-0.2, 0) is 0 Å². The zero-order chi connectivity index (χ0) is 10.7. The van der Waals surface area contributed by atoms with Gasteiger partial charge in [0.05, 0.1) is 24.8 Å². The van der Waals surface area contributed by atoms with Crippen LogP contribution in [0.4, 0.5) is 0 Å². The van der Waals surface area contributed by atoms with Gasteiger partial charge in [-0.15, -0.1) is 0 Å². The maximum atomic E-state index is 9.50. The number of hydrogen-bond donors (Lipinski definition) is 1. The van der Waals surface area contributed by atoms with Crippen molar-refractivity contribution in [1.29, 1.82) is 0 Å². The van der Waals surface area contributed by atoms with Crippen LogP contribution in [0.5, 0.6) is 11.5 Å². The van der Waals surface area contributed by atoms with Crippen LogP contribution < -0.4 is 9.47 Å². The van der Waals surface area contributed by atoms with Crippen molar-refractivity contribution in [2.75, 3.05) is 14.2 Å². The number of aliphatic hydroxyl groups is 1. The van der Waals surface area contributed by atoms with Gasteiger partial charge in [0.1, 0.15) is 11.5 Å².